The van der Waals surface area contributed by atoms with Gasteiger partial charge in [-0.3, -0.25) is 19.7 Å². The number of nitrogens with one attached hydrogen (secondary N) is 2. The van der Waals surface area contributed by atoms with Crippen molar-refractivity contribution in [3.05, 3.63) is 65.4 Å². The van der Waals surface area contributed by atoms with Crippen LogP contribution in [0.2, 0.25) is 0 Å². The van der Waals surface area contributed by atoms with Gasteiger partial charge in [-0.2, -0.15) is 0 Å². The van der Waals surface area contributed by atoms with E-state index in [2.05, 4.69) is 10.6 Å². The van der Waals surface area contributed by atoms with Crippen LogP contribution >= 0.6 is 0 Å². The Bertz CT molecular complexity index is 1410. The van der Waals surface area contributed by atoms with Gasteiger partial charge < -0.3 is 20.6 Å². The standard InChI is InChI=1S/C29H32N4O6/c1-3-16-10-7-11-17(4-2)24(16)33-25(34)21-22(26(33)35)29(27(36)37,13-8-14-31-28(30)38)32-23(21)20-15-18-9-5-6-12-19(18)39-20/h5-7,9-12,15,21-23,32H,3-4,8,13-14H2,1-2H3,(H,36,37)(H3,30,31,38). The molecule has 4 amide bonds. The van der Waals surface area contributed by atoms with E-state index in [0.29, 0.717) is 29.9 Å². The first-order chi connectivity index (χ1) is 18.7. The van der Waals surface area contributed by atoms with Crippen molar-refractivity contribution in [2.24, 2.45) is 17.6 Å². The van der Waals surface area contributed by atoms with E-state index < -0.39 is 47.2 Å². The van der Waals surface area contributed by atoms with Crippen LogP contribution in [0.4, 0.5) is 10.5 Å². The molecule has 10 nitrogen and oxygen atoms in total. The van der Waals surface area contributed by atoms with Crippen LogP contribution in [0.25, 0.3) is 11.0 Å². The van der Waals surface area contributed by atoms with Gasteiger partial charge in [0, 0.05) is 11.9 Å². The van der Waals surface area contributed by atoms with Gasteiger partial charge in [0.1, 0.15) is 16.9 Å². The van der Waals surface area contributed by atoms with Crippen molar-refractivity contribution in [3.63, 3.8) is 0 Å². The molecule has 0 radical (unpaired) electrons. The first-order valence-corrected chi connectivity index (χ1v) is 13.2. The highest BCUT2D eigenvalue weighted by Gasteiger charge is 2.69. The lowest BCUT2D eigenvalue weighted by Crippen LogP contribution is -2.56. The molecule has 4 atom stereocenters. The number of hydrogen-bond acceptors (Lipinski definition) is 6. The third-order valence-electron chi connectivity index (χ3n) is 8.02. The van der Waals surface area contributed by atoms with Crippen LogP contribution in [0.5, 0.6) is 0 Å². The van der Waals surface area contributed by atoms with Gasteiger partial charge >= 0.3 is 12.0 Å². The normalized spacial score (nSPS) is 24.4. The van der Waals surface area contributed by atoms with Gasteiger partial charge in [0.05, 0.1) is 23.6 Å². The topological polar surface area (TPSA) is 155 Å². The fourth-order valence-corrected chi connectivity index (χ4v) is 6.24. The molecule has 2 aliphatic rings. The first kappa shape index (κ1) is 26.4. The number of para-hydroxylation sites is 2. The smallest absolute Gasteiger partial charge is 0.324 e. The molecule has 5 N–H and O–H groups in total. The summed E-state index contributed by atoms with van der Waals surface area (Å²) >= 11 is 0. The maximum Gasteiger partial charge on any atom is 0.324 e. The summed E-state index contributed by atoms with van der Waals surface area (Å²) in [5.74, 6) is -4.00. The van der Waals surface area contributed by atoms with Crippen molar-refractivity contribution in [2.75, 3.05) is 11.4 Å². The number of primary amides is 1. The van der Waals surface area contributed by atoms with Crippen LogP contribution in [0.15, 0.2) is 52.9 Å². The molecule has 1 aromatic heterocycles. The Kier molecular flexibility index (Phi) is 6.90. The van der Waals surface area contributed by atoms with E-state index in [9.17, 15) is 24.3 Å². The zero-order valence-electron chi connectivity index (χ0n) is 21.9. The first-order valence-electron chi connectivity index (χ1n) is 13.2. The van der Waals surface area contributed by atoms with Gasteiger partial charge in [-0.15, -0.1) is 0 Å². The quantitative estimate of drug-likeness (QED) is 0.243. The van der Waals surface area contributed by atoms with Gasteiger partial charge in [-0.1, -0.05) is 50.2 Å². The number of aryl methyl sites for hydroxylation is 2. The molecule has 204 valence electrons. The van der Waals surface area contributed by atoms with Crippen molar-refractivity contribution < 1.29 is 28.7 Å². The van der Waals surface area contributed by atoms with Crippen LogP contribution in [0.1, 0.15) is 49.6 Å². The summed E-state index contributed by atoms with van der Waals surface area (Å²) in [7, 11) is 0. The van der Waals surface area contributed by atoms with E-state index in [1.165, 1.54) is 4.90 Å². The molecule has 2 saturated heterocycles. The molecule has 0 saturated carbocycles. The number of aliphatic carboxylic acids is 1. The van der Waals surface area contributed by atoms with Crippen molar-refractivity contribution >= 4 is 40.5 Å². The second-order valence-corrected chi connectivity index (χ2v) is 10.1. The molecule has 0 bridgehead atoms. The van der Waals surface area contributed by atoms with E-state index in [4.69, 9.17) is 10.2 Å². The highest BCUT2D eigenvalue weighted by Crippen LogP contribution is 2.52. The number of carbonyl (C=O) groups is 4. The third-order valence-corrected chi connectivity index (χ3v) is 8.02. The zero-order valence-corrected chi connectivity index (χ0v) is 21.9. The molecule has 2 fully saturated rings. The molecular formula is C29H32N4O6. The minimum Gasteiger partial charge on any atom is -0.480 e. The third kappa shape index (κ3) is 4.24. The van der Waals surface area contributed by atoms with Gasteiger partial charge in [0.15, 0.2) is 0 Å². The van der Waals surface area contributed by atoms with Crippen LogP contribution in [-0.2, 0) is 27.2 Å². The molecule has 0 aliphatic carbocycles. The number of nitrogens with zero attached hydrogens (tertiary/aromatic N) is 1. The fourth-order valence-electron chi connectivity index (χ4n) is 6.24. The molecule has 4 unspecified atom stereocenters. The average Bonchev–Trinajstić information content (AvgIpc) is 3.58. The Labute approximate surface area is 225 Å². The molecule has 3 heterocycles. The maximum absolute atomic E-state index is 14.2. The van der Waals surface area contributed by atoms with Crippen molar-refractivity contribution in [3.8, 4) is 0 Å². The monoisotopic (exact) mass is 532 g/mol. The summed E-state index contributed by atoms with van der Waals surface area (Å²) in [6, 6.07) is 13.2. The number of carboxylic acid groups (broad SMARTS) is 1. The van der Waals surface area contributed by atoms with E-state index in [0.717, 1.165) is 16.5 Å². The van der Waals surface area contributed by atoms with E-state index in [1.54, 1.807) is 12.1 Å². The highest BCUT2D eigenvalue weighted by molar-refractivity contribution is 6.25. The van der Waals surface area contributed by atoms with E-state index in [1.807, 2.05) is 50.2 Å². The second-order valence-electron chi connectivity index (χ2n) is 10.1. The van der Waals surface area contributed by atoms with Crippen LogP contribution in [0, 0.1) is 11.8 Å². The van der Waals surface area contributed by atoms with Crippen molar-refractivity contribution in [2.45, 2.75) is 51.1 Å². The largest absolute Gasteiger partial charge is 0.480 e. The number of urea groups is 1. The van der Waals surface area contributed by atoms with Crippen LogP contribution in [0.3, 0.4) is 0 Å². The minimum absolute atomic E-state index is 0.0105. The Balaban J connectivity index is 1.64. The highest BCUT2D eigenvalue weighted by atomic mass is 16.4. The summed E-state index contributed by atoms with van der Waals surface area (Å²) in [4.78, 5) is 53.8. The summed E-state index contributed by atoms with van der Waals surface area (Å²) < 4.78 is 6.09. The fraction of sp³-hybridized carbons (Fsp3) is 0.379. The molecule has 0 spiro atoms. The Morgan fingerprint density at radius 1 is 1.08 bits per heavy atom. The van der Waals surface area contributed by atoms with Gasteiger partial charge in [0.25, 0.3) is 0 Å². The Morgan fingerprint density at radius 2 is 1.77 bits per heavy atom. The summed E-state index contributed by atoms with van der Waals surface area (Å²) in [5.41, 5.74) is 6.25. The summed E-state index contributed by atoms with van der Waals surface area (Å²) in [6.07, 6.45) is 1.42. The van der Waals surface area contributed by atoms with Gasteiger partial charge in [0.2, 0.25) is 11.8 Å². The number of carbonyl (C=O) groups excluding carboxylic acids is 3. The number of carboxylic acids is 1. The van der Waals surface area contributed by atoms with Crippen molar-refractivity contribution in [1.29, 1.82) is 0 Å². The second kappa shape index (κ2) is 10.2. The molecule has 10 heteroatoms. The summed E-state index contributed by atoms with van der Waals surface area (Å²) in [5, 5.41) is 17.0. The van der Waals surface area contributed by atoms with E-state index in [-0.39, 0.29) is 19.4 Å². The SMILES string of the molecule is CCc1cccc(CC)c1N1C(=O)C2C(c3cc4ccccc4o3)NC(CCCNC(N)=O)(C(=O)O)C2C1=O. The lowest BCUT2D eigenvalue weighted by Gasteiger charge is -2.31. The number of rotatable bonds is 9. The number of hydrogen-bond donors (Lipinski definition) is 4. The number of anilines is 1. The molecular weight excluding hydrogens is 500 g/mol. The molecule has 5 rings (SSSR count). The number of nitrogens with two attached hydrogens (primary N) is 1. The molecule has 3 aromatic rings. The lowest BCUT2D eigenvalue weighted by atomic mass is 9.77. The number of fused-ring (bicyclic) bond motifs is 2. The predicted octanol–water partition coefficient (Wildman–Crippen LogP) is 3.28. The van der Waals surface area contributed by atoms with Gasteiger partial charge in [-0.25, -0.2) is 9.69 Å². The predicted molar refractivity (Wildman–Crippen MR) is 144 cm³/mol. The Morgan fingerprint density at radius 3 is 2.38 bits per heavy atom. The van der Waals surface area contributed by atoms with E-state index >= 15 is 0 Å². The number of benzene rings is 2. The van der Waals surface area contributed by atoms with Crippen LogP contribution in [-0.4, -0.2) is 41.0 Å². The minimum atomic E-state index is -1.76. The number of furan rings is 1. The average molecular weight is 533 g/mol. The van der Waals surface area contributed by atoms with Crippen LogP contribution < -0.4 is 21.3 Å². The number of imide groups is 1. The Hall–Kier alpha value is -4.18. The van der Waals surface area contributed by atoms with Gasteiger partial charge in [-0.05, 0) is 48.9 Å². The summed E-state index contributed by atoms with van der Waals surface area (Å²) in [6.45, 7) is 4.04. The number of amides is 4. The maximum atomic E-state index is 14.2. The molecule has 2 aromatic carbocycles. The molecule has 39 heavy (non-hydrogen) atoms. The lowest BCUT2D eigenvalue weighted by molar-refractivity contribution is -0.149. The molecule has 2 aliphatic heterocycles. The van der Waals surface area contributed by atoms with Crippen molar-refractivity contribution in [1.82, 2.24) is 10.6 Å². The zero-order chi connectivity index (χ0) is 27.9.